The van der Waals surface area contributed by atoms with Gasteiger partial charge in [0.05, 0.1) is 0 Å². The fourth-order valence-corrected chi connectivity index (χ4v) is 2.73. The van der Waals surface area contributed by atoms with E-state index in [0.717, 1.165) is 16.8 Å². The number of hydrogen-bond donors (Lipinski definition) is 1. The molecule has 0 aliphatic carbocycles. The largest absolute Gasteiger partial charge is 0.355 e. The zero-order chi connectivity index (χ0) is 15.5. The highest BCUT2D eigenvalue weighted by Gasteiger charge is 2.01. The van der Waals surface area contributed by atoms with Crippen LogP contribution < -0.4 is 5.32 Å². The van der Waals surface area contributed by atoms with Crippen LogP contribution in [0.1, 0.15) is 0 Å². The van der Waals surface area contributed by atoms with Crippen molar-refractivity contribution in [3.63, 3.8) is 0 Å². The van der Waals surface area contributed by atoms with Gasteiger partial charge >= 0.3 is 0 Å². The highest BCUT2D eigenvalue weighted by atomic mass is 14.9. The minimum absolute atomic E-state index is 1.08. The molecule has 0 unspecified atom stereocenters. The predicted molar refractivity (Wildman–Crippen MR) is 96.9 cm³/mol. The zero-order valence-electron chi connectivity index (χ0n) is 12.6. The van der Waals surface area contributed by atoms with Crippen LogP contribution >= 0.6 is 0 Å². The fraction of sp³-hybridized carbons (Fsp3) is 0. The topological polar surface area (TPSA) is 24.9 Å². The molecule has 1 aromatic heterocycles. The van der Waals surface area contributed by atoms with Crippen molar-refractivity contribution in [3.8, 4) is 11.1 Å². The second-order valence-corrected chi connectivity index (χ2v) is 5.51. The average molecular weight is 296 g/mol. The van der Waals surface area contributed by atoms with E-state index < -0.39 is 0 Å². The normalized spacial score (nSPS) is 10.6. The van der Waals surface area contributed by atoms with E-state index in [-0.39, 0.29) is 0 Å². The number of nitrogens with zero attached hydrogens (tertiary/aromatic N) is 1. The van der Waals surface area contributed by atoms with Gasteiger partial charge in [0.15, 0.2) is 0 Å². The molecule has 4 aromatic rings. The number of rotatable bonds is 3. The summed E-state index contributed by atoms with van der Waals surface area (Å²) >= 11 is 0. The monoisotopic (exact) mass is 296 g/mol. The summed E-state index contributed by atoms with van der Waals surface area (Å²) in [6.07, 6.45) is 3.71. The quantitative estimate of drug-likeness (QED) is 0.528. The molecule has 0 fully saturated rings. The van der Waals surface area contributed by atoms with Gasteiger partial charge in [-0.15, -0.1) is 0 Å². The Bertz CT molecular complexity index is 946. The first-order valence-electron chi connectivity index (χ1n) is 7.65. The summed E-state index contributed by atoms with van der Waals surface area (Å²) in [5.74, 6) is 0. The van der Waals surface area contributed by atoms with Crippen LogP contribution in [0, 0.1) is 0 Å². The number of benzene rings is 3. The van der Waals surface area contributed by atoms with E-state index in [1.54, 1.807) is 0 Å². The van der Waals surface area contributed by atoms with Gasteiger partial charge in [-0.1, -0.05) is 48.5 Å². The fourth-order valence-electron chi connectivity index (χ4n) is 2.73. The summed E-state index contributed by atoms with van der Waals surface area (Å²) in [5, 5.41) is 5.82. The summed E-state index contributed by atoms with van der Waals surface area (Å²) in [6.45, 7) is 0. The Kier molecular flexibility index (Phi) is 3.49. The average Bonchev–Trinajstić information content (AvgIpc) is 2.63. The molecule has 0 amide bonds. The summed E-state index contributed by atoms with van der Waals surface area (Å²) in [4.78, 5) is 4.15. The Balaban J connectivity index is 1.65. The molecule has 0 radical (unpaired) electrons. The Morgan fingerprint density at radius 1 is 0.609 bits per heavy atom. The summed E-state index contributed by atoms with van der Waals surface area (Å²) in [7, 11) is 0. The lowest BCUT2D eigenvalue weighted by molar-refractivity contribution is 1.36. The van der Waals surface area contributed by atoms with E-state index in [9.17, 15) is 0 Å². The van der Waals surface area contributed by atoms with Crippen LogP contribution in [0.3, 0.4) is 0 Å². The van der Waals surface area contributed by atoms with E-state index in [1.807, 2.05) is 24.5 Å². The molecule has 1 N–H and O–H groups in total. The molecule has 0 aliphatic rings. The van der Waals surface area contributed by atoms with E-state index >= 15 is 0 Å². The lowest BCUT2D eigenvalue weighted by atomic mass is 10.1. The van der Waals surface area contributed by atoms with Crippen LogP contribution in [-0.4, -0.2) is 4.98 Å². The molecule has 0 atom stereocenters. The maximum atomic E-state index is 4.15. The van der Waals surface area contributed by atoms with Crippen molar-refractivity contribution >= 4 is 22.1 Å². The molecule has 0 spiro atoms. The van der Waals surface area contributed by atoms with Crippen LogP contribution in [0.5, 0.6) is 0 Å². The number of anilines is 2. The van der Waals surface area contributed by atoms with Crippen LogP contribution in [0.25, 0.3) is 21.9 Å². The molecular formula is C21H16N2. The molecule has 1 heterocycles. The van der Waals surface area contributed by atoms with Crippen molar-refractivity contribution in [1.29, 1.82) is 0 Å². The number of nitrogens with one attached hydrogen (secondary N) is 1. The van der Waals surface area contributed by atoms with Gasteiger partial charge < -0.3 is 5.32 Å². The highest BCUT2D eigenvalue weighted by molar-refractivity contribution is 5.86. The number of hydrogen-bond acceptors (Lipinski definition) is 2. The first-order chi connectivity index (χ1) is 11.4. The third-order valence-corrected chi connectivity index (χ3v) is 3.90. The molecule has 4 rings (SSSR count). The van der Waals surface area contributed by atoms with Crippen molar-refractivity contribution in [2.45, 2.75) is 0 Å². The van der Waals surface area contributed by atoms with Crippen molar-refractivity contribution in [2.24, 2.45) is 0 Å². The Morgan fingerprint density at radius 2 is 1.43 bits per heavy atom. The Hall–Kier alpha value is -3.13. The predicted octanol–water partition coefficient (Wildman–Crippen LogP) is 5.65. The van der Waals surface area contributed by atoms with Gasteiger partial charge in [-0.25, -0.2) is 0 Å². The van der Waals surface area contributed by atoms with Gasteiger partial charge in [-0.2, -0.15) is 0 Å². The summed E-state index contributed by atoms with van der Waals surface area (Å²) < 4.78 is 0. The Labute approximate surface area is 135 Å². The third kappa shape index (κ3) is 2.92. The molecule has 0 saturated carbocycles. The van der Waals surface area contributed by atoms with E-state index in [0.29, 0.717) is 0 Å². The minimum Gasteiger partial charge on any atom is -0.355 e. The lowest BCUT2D eigenvalue weighted by Gasteiger charge is -2.09. The van der Waals surface area contributed by atoms with Crippen LogP contribution in [0.4, 0.5) is 11.4 Å². The number of pyridine rings is 1. The van der Waals surface area contributed by atoms with Crippen molar-refractivity contribution in [2.75, 3.05) is 5.32 Å². The Morgan fingerprint density at radius 3 is 2.35 bits per heavy atom. The van der Waals surface area contributed by atoms with E-state index in [1.165, 1.54) is 16.5 Å². The molecule has 2 nitrogen and oxygen atoms in total. The maximum Gasteiger partial charge on any atom is 0.0390 e. The summed E-state index contributed by atoms with van der Waals surface area (Å²) in [5.41, 5.74) is 4.59. The van der Waals surface area contributed by atoms with Crippen molar-refractivity contribution in [1.82, 2.24) is 4.98 Å². The van der Waals surface area contributed by atoms with E-state index in [2.05, 4.69) is 77.0 Å². The first kappa shape index (κ1) is 13.5. The SMILES string of the molecule is c1ccc(-c2cccc(Nc3ccc4cnccc4c3)c2)cc1. The molecule has 3 aromatic carbocycles. The number of fused-ring (bicyclic) bond motifs is 1. The second kappa shape index (κ2) is 5.93. The van der Waals surface area contributed by atoms with E-state index in [4.69, 9.17) is 0 Å². The van der Waals surface area contributed by atoms with Gasteiger partial charge in [0.2, 0.25) is 0 Å². The van der Waals surface area contributed by atoms with Crippen LogP contribution in [0.2, 0.25) is 0 Å². The summed E-state index contributed by atoms with van der Waals surface area (Å²) in [6, 6.07) is 27.2. The van der Waals surface area contributed by atoms with Crippen molar-refractivity contribution < 1.29 is 0 Å². The van der Waals surface area contributed by atoms with Crippen LogP contribution in [0.15, 0.2) is 91.3 Å². The molecule has 23 heavy (non-hydrogen) atoms. The van der Waals surface area contributed by atoms with Crippen molar-refractivity contribution in [3.05, 3.63) is 91.3 Å². The lowest BCUT2D eigenvalue weighted by Crippen LogP contribution is -1.91. The van der Waals surface area contributed by atoms with Gasteiger partial charge in [0.25, 0.3) is 0 Å². The van der Waals surface area contributed by atoms with Gasteiger partial charge in [0, 0.05) is 29.2 Å². The molecule has 0 saturated heterocycles. The number of aromatic nitrogens is 1. The molecule has 0 bridgehead atoms. The van der Waals surface area contributed by atoms with Gasteiger partial charge in [-0.3, -0.25) is 4.98 Å². The smallest absolute Gasteiger partial charge is 0.0390 e. The minimum atomic E-state index is 1.08. The highest BCUT2D eigenvalue weighted by Crippen LogP contribution is 2.26. The van der Waals surface area contributed by atoms with Gasteiger partial charge in [-0.05, 0) is 46.8 Å². The zero-order valence-corrected chi connectivity index (χ0v) is 12.6. The van der Waals surface area contributed by atoms with Crippen LogP contribution in [-0.2, 0) is 0 Å². The third-order valence-electron chi connectivity index (χ3n) is 3.90. The molecule has 0 aliphatic heterocycles. The second-order valence-electron chi connectivity index (χ2n) is 5.51. The molecule has 2 heteroatoms. The van der Waals surface area contributed by atoms with Gasteiger partial charge in [0.1, 0.15) is 0 Å². The maximum absolute atomic E-state index is 4.15. The molecule has 110 valence electrons. The standard InChI is InChI=1S/C21H16N2/c1-2-5-16(6-3-1)17-7-4-8-20(13-17)23-21-10-9-19-15-22-12-11-18(19)14-21/h1-15,23H. The first-order valence-corrected chi connectivity index (χ1v) is 7.65. The molecular weight excluding hydrogens is 280 g/mol.